The van der Waals surface area contributed by atoms with E-state index >= 15 is 0 Å². The number of phosphoric acid groups is 1. The van der Waals surface area contributed by atoms with Gasteiger partial charge in [-0.15, -0.1) is 0 Å². The highest BCUT2D eigenvalue weighted by molar-refractivity contribution is 7.46. The summed E-state index contributed by atoms with van der Waals surface area (Å²) in [5.74, 6) is -1.18. The number of esters is 2. The Balaban J connectivity index is 4.22. The van der Waals surface area contributed by atoms with Gasteiger partial charge in [-0.25, -0.2) is 4.57 Å². The molecule has 52 heavy (non-hydrogen) atoms. The molecule has 0 heterocycles. The third-order valence-corrected chi connectivity index (χ3v) is 9.01. The third kappa shape index (κ3) is 36.3. The molecule has 0 rings (SSSR count). The van der Waals surface area contributed by atoms with Crippen molar-refractivity contribution in [1.82, 2.24) is 0 Å². The quantitative estimate of drug-likeness (QED) is 0.0210. The number of aliphatic hydroxyl groups excluding tert-OH is 2. The second kappa shape index (κ2) is 35.9. The number of ether oxygens (including phenoxy) is 2. The van der Waals surface area contributed by atoms with Crippen molar-refractivity contribution < 1.29 is 48.2 Å². The second-order valence-corrected chi connectivity index (χ2v) is 14.8. The van der Waals surface area contributed by atoms with Crippen molar-refractivity contribution in [3.8, 4) is 0 Å². The molecule has 4 N–H and O–H groups in total. The third-order valence-electron chi connectivity index (χ3n) is 8.52. The molecule has 11 heteroatoms. The minimum atomic E-state index is -4.84. The maximum Gasteiger partial charge on any atom is 0.469 e. The number of rotatable bonds is 36. The summed E-state index contributed by atoms with van der Waals surface area (Å²) < 4.78 is 26.2. The topological polar surface area (TPSA) is 160 Å². The van der Waals surface area contributed by atoms with Crippen LogP contribution in [0.1, 0.15) is 168 Å². The normalized spacial score (nSPS) is 14.2. The van der Waals surface area contributed by atoms with Crippen molar-refractivity contribution in [2.45, 2.75) is 186 Å². The number of hydrogen-bond donors (Lipinski definition) is 4. The first-order chi connectivity index (χ1) is 25.1. The lowest BCUT2D eigenvalue weighted by molar-refractivity contribution is -0.161. The van der Waals surface area contributed by atoms with E-state index in [4.69, 9.17) is 19.3 Å². The Bertz CT molecular complexity index is 1020. The highest BCUT2D eigenvalue weighted by atomic mass is 31.2. The highest BCUT2D eigenvalue weighted by Crippen LogP contribution is 2.36. The molecule has 2 unspecified atom stereocenters. The molecule has 0 aliphatic heterocycles. The van der Waals surface area contributed by atoms with E-state index in [-0.39, 0.29) is 32.1 Å². The van der Waals surface area contributed by atoms with Crippen LogP contribution in [-0.2, 0) is 28.2 Å². The number of aliphatic hydroxyl groups is 2. The Hall–Kier alpha value is -2.07. The summed E-state index contributed by atoms with van der Waals surface area (Å²) >= 11 is 0. The summed E-state index contributed by atoms with van der Waals surface area (Å²) in [7, 11) is -4.84. The van der Waals surface area contributed by atoms with Gasteiger partial charge in [0.15, 0.2) is 6.10 Å². The number of hydrogen-bond acceptors (Lipinski definition) is 8. The molecular weight excluding hydrogens is 683 g/mol. The molecule has 0 aromatic carbocycles. The standard InChI is InChI=1S/C41H73O10P/c1-3-5-7-9-11-13-15-17-18-19-21-23-25-27-29-33-40(44)49-35-37(36-50-52(46,47)48)51-41(45)34-30-32-39(43)38(42)31-28-26-24-22-20-16-14-12-10-8-6-4-2/h12,14,17-18,20,22,26,28,37-39,42-43H,3-11,13,15-16,19,21,23-25,27,29-36H2,1-2H3,(H2,46,47,48)/b14-12-,18-17-,22-20-,28-26-/t37-,38?,39?/m1/s1. The summed E-state index contributed by atoms with van der Waals surface area (Å²) in [5, 5.41) is 20.5. The molecule has 0 aromatic rings. The Morgan fingerprint density at radius 2 is 1.06 bits per heavy atom. The van der Waals surface area contributed by atoms with E-state index < -0.39 is 51.3 Å². The maximum absolute atomic E-state index is 12.4. The lowest BCUT2D eigenvalue weighted by atomic mass is 10.0. The number of carbonyl (C=O) groups is 2. The van der Waals surface area contributed by atoms with Gasteiger partial charge in [-0.3, -0.25) is 14.1 Å². The molecule has 0 aliphatic rings. The predicted octanol–water partition coefficient (Wildman–Crippen LogP) is 9.90. The molecule has 0 saturated carbocycles. The monoisotopic (exact) mass is 756 g/mol. The first-order valence-electron chi connectivity index (χ1n) is 20.1. The Kier molecular flexibility index (Phi) is 34.5. The average molecular weight is 757 g/mol. The van der Waals surface area contributed by atoms with Crippen molar-refractivity contribution in [1.29, 1.82) is 0 Å². The number of carbonyl (C=O) groups excluding carboxylic acids is 2. The van der Waals surface area contributed by atoms with E-state index in [1.165, 1.54) is 57.8 Å². The first-order valence-corrected chi connectivity index (χ1v) is 21.6. The number of unbranched alkanes of at least 4 members (excludes halogenated alkanes) is 14. The van der Waals surface area contributed by atoms with Gasteiger partial charge in [-0.1, -0.05) is 127 Å². The van der Waals surface area contributed by atoms with E-state index in [1.54, 1.807) is 0 Å². The van der Waals surface area contributed by atoms with Crippen LogP contribution in [0.4, 0.5) is 0 Å². The zero-order valence-electron chi connectivity index (χ0n) is 32.4. The summed E-state index contributed by atoms with van der Waals surface area (Å²) in [5.41, 5.74) is 0. The maximum atomic E-state index is 12.4. The summed E-state index contributed by atoms with van der Waals surface area (Å²) in [6.45, 7) is 3.39. The van der Waals surface area contributed by atoms with Gasteiger partial charge in [0.05, 0.1) is 18.8 Å². The van der Waals surface area contributed by atoms with Crippen molar-refractivity contribution in [2.24, 2.45) is 0 Å². The summed E-state index contributed by atoms with van der Waals surface area (Å²) in [6, 6.07) is 0. The van der Waals surface area contributed by atoms with Crippen molar-refractivity contribution in [3.05, 3.63) is 48.6 Å². The molecule has 0 aliphatic carbocycles. The molecule has 0 amide bonds. The predicted molar refractivity (Wildman–Crippen MR) is 210 cm³/mol. The SMILES string of the molecule is CCCCC/C=C\C/C=C\C/C=C\CC(O)C(O)CCCC(=O)O[C@H](COC(=O)CCCCCCC/C=C\CCCCCCCC)COP(=O)(O)O. The van der Waals surface area contributed by atoms with Gasteiger partial charge in [-0.05, 0) is 77.0 Å². The fourth-order valence-corrected chi connectivity index (χ4v) is 5.71. The fraction of sp³-hybridized carbons (Fsp3) is 0.756. The largest absolute Gasteiger partial charge is 0.469 e. The van der Waals surface area contributed by atoms with Gasteiger partial charge < -0.3 is 29.5 Å². The van der Waals surface area contributed by atoms with Crippen LogP contribution < -0.4 is 0 Å². The zero-order chi connectivity index (χ0) is 38.5. The van der Waals surface area contributed by atoms with Gasteiger partial charge in [0.1, 0.15) is 6.61 Å². The Morgan fingerprint density at radius 3 is 1.67 bits per heavy atom. The molecule has 302 valence electrons. The van der Waals surface area contributed by atoms with E-state index in [9.17, 15) is 24.4 Å². The zero-order valence-corrected chi connectivity index (χ0v) is 33.3. The average Bonchev–Trinajstić information content (AvgIpc) is 3.11. The highest BCUT2D eigenvalue weighted by Gasteiger charge is 2.23. The minimum Gasteiger partial charge on any atom is -0.462 e. The minimum absolute atomic E-state index is 0.104. The molecule has 0 bridgehead atoms. The van der Waals surface area contributed by atoms with Crippen LogP contribution in [0.15, 0.2) is 48.6 Å². The van der Waals surface area contributed by atoms with Gasteiger partial charge in [0.2, 0.25) is 0 Å². The molecule has 0 saturated heterocycles. The Labute approximate surface area is 315 Å². The molecule has 0 fully saturated rings. The van der Waals surface area contributed by atoms with Crippen LogP contribution in [0.2, 0.25) is 0 Å². The lowest BCUT2D eigenvalue weighted by Crippen LogP contribution is -2.30. The van der Waals surface area contributed by atoms with Crippen LogP contribution in [0.25, 0.3) is 0 Å². The van der Waals surface area contributed by atoms with Crippen LogP contribution >= 0.6 is 7.82 Å². The van der Waals surface area contributed by atoms with Crippen LogP contribution in [0, 0.1) is 0 Å². The van der Waals surface area contributed by atoms with Gasteiger partial charge in [0.25, 0.3) is 0 Å². The number of allylic oxidation sites excluding steroid dienone is 7. The van der Waals surface area contributed by atoms with E-state index in [0.29, 0.717) is 6.42 Å². The molecule has 10 nitrogen and oxygen atoms in total. The summed E-state index contributed by atoms with van der Waals surface area (Å²) in [4.78, 5) is 42.8. The second-order valence-electron chi connectivity index (χ2n) is 13.6. The van der Waals surface area contributed by atoms with Gasteiger partial charge >= 0.3 is 19.8 Å². The molecule has 0 spiro atoms. The molecule has 0 radical (unpaired) electrons. The summed E-state index contributed by atoms with van der Waals surface area (Å²) in [6.07, 6.45) is 35.7. The smallest absolute Gasteiger partial charge is 0.462 e. The molecular formula is C41H73O10P. The fourth-order valence-electron chi connectivity index (χ4n) is 5.35. The number of phosphoric ester groups is 1. The van der Waals surface area contributed by atoms with E-state index in [1.807, 2.05) is 12.2 Å². The van der Waals surface area contributed by atoms with Gasteiger partial charge in [-0.2, -0.15) is 0 Å². The lowest BCUT2D eigenvalue weighted by Gasteiger charge is -2.19. The first kappa shape index (κ1) is 49.9. The van der Waals surface area contributed by atoms with E-state index in [0.717, 1.165) is 57.8 Å². The Morgan fingerprint density at radius 1 is 0.577 bits per heavy atom. The molecule has 3 atom stereocenters. The van der Waals surface area contributed by atoms with Crippen molar-refractivity contribution in [3.63, 3.8) is 0 Å². The van der Waals surface area contributed by atoms with Crippen LogP contribution in [-0.4, -0.2) is 63.5 Å². The van der Waals surface area contributed by atoms with Crippen molar-refractivity contribution >= 4 is 19.8 Å². The van der Waals surface area contributed by atoms with Gasteiger partial charge in [0, 0.05) is 12.8 Å². The van der Waals surface area contributed by atoms with Crippen molar-refractivity contribution in [2.75, 3.05) is 13.2 Å². The van der Waals surface area contributed by atoms with Crippen LogP contribution in [0.5, 0.6) is 0 Å². The van der Waals surface area contributed by atoms with E-state index in [2.05, 4.69) is 54.8 Å². The van der Waals surface area contributed by atoms with Crippen LogP contribution in [0.3, 0.4) is 0 Å². The molecule has 0 aromatic heterocycles.